The fourth-order valence-corrected chi connectivity index (χ4v) is 11.5. The van der Waals surface area contributed by atoms with Crippen LogP contribution in [0.3, 0.4) is 0 Å². The zero-order valence-electron chi connectivity index (χ0n) is 35.4. The Bertz CT molecular complexity index is 3850. The Labute approximate surface area is 376 Å². The third kappa shape index (κ3) is 5.11. The highest BCUT2D eigenvalue weighted by Gasteiger charge is 2.51. The molecule has 302 valence electrons. The monoisotopic (exact) mass is 825 g/mol. The zero-order valence-corrected chi connectivity index (χ0v) is 35.4. The smallest absolute Gasteiger partial charge is 0.143 e. The van der Waals surface area contributed by atoms with E-state index < -0.39 is 5.41 Å². The normalized spacial score (nSPS) is 13.0. The van der Waals surface area contributed by atoms with Gasteiger partial charge in [-0.3, -0.25) is 0 Å². The van der Waals surface area contributed by atoms with E-state index in [0.29, 0.717) is 0 Å². The summed E-state index contributed by atoms with van der Waals surface area (Å²) in [7, 11) is 0. The van der Waals surface area contributed by atoms with Crippen molar-refractivity contribution >= 4 is 60.5 Å². The second-order valence-electron chi connectivity index (χ2n) is 17.5. The molecule has 1 spiro atoms. The lowest BCUT2D eigenvalue weighted by atomic mass is 9.70. The molecule has 1 aromatic heterocycles. The number of furan rings is 1. The topological polar surface area (TPSA) is 16.4 Å². The summed E-state index contributed by atoms with van der Waals surface area (Å²) < 4.78 is 6.68. The molecule has 1 heterocycles. The Morgan fingerprint density at radius 2 is 0.815 bits per heavy atom. The minimum atomic E-state index is -0.441. The molecule has 0 atom stereocenters. The Morgan fingerprint density at radius 1 is 0.308 bits per heavy atom. The van der Waals surface area contributed by atoms with E-state index in [9.17, 15) is 0 Å². The third-order valence-corrected chi connectivity index (χ3v) is 14.3. The molecular formula is C63H39NO. The predicted molar refractivity (Wildman–Crippen MR) is 271 cm³/mol. The van der Waals surface area contributed by atoms with Crippen LogP contribution in [0.5, 0.6) is 0 Å². The first-order valence-electron chi connectivity index (χ1n) is 22.5. The van der Waals surface area contributed by atoms with Crippen LogP contribution in [0.2, 0.25) is 0 Å². The Balaban J connectivity index is 0.970. The first-order valence-corrected chi connectivity index (χ1v) is 22.5. The molecule has 0 saturated heterocycles. The van der Waals surface area contributed by atoms with Crippen molar-refractivity contribution in [1.82, 2.24) is 0 Å². The highest BCUT2D eigenvalue weighted by Crippen LogP contribution is 2.63. The van der Waals surface area contributed by atoms with Crippen LogP contribution in [-0.4, -0.2) is 0 Å². The van der Waals surface area contributed by atoms with Gasteiger partial charge in [0.15, 0.2) is 0 Å². The molecular weight excluding hydrogens is 787 g/mol. The zero-order chi connectivity index (χ0) is 42.6. The van der Waals surface area contributed by atoms with Gasteiger partial charge in [-0.25, -0.2) is 0 Å². The molecule has 14 rings (SSSR count). The van der Waals surface area contributed by atoms with Crippen LogP contribution >= 0.6 is 0 Å². The summed E-state index contributed by atoms with van der Waals surface area (Å²) in [6.45, 7) is 0. The lowest BCUT2D eigenvalue weighted by Gasteiger charge is -2.32. The fourth-order valence-electron chi connectivity index (χ4n) is 11.5. The Kier molecular flexibility index (Phi) is 7.64. The SMILES string of the molecule is c1ccc2c(c1)-c1ccccc1C21c2ccccc2-c2ccc(N(c3ccc(-c4ccc5ccccc5c4-c4cccc5c4oc4ccccc45)cc3)c3ccc4ccccc4c3)cc21. The van der Waals surface area contributed by atoms with Crippen molar-refractivity contribution in [3.8, 4) is 44.5 Å². The van der Waals surface area contributed by atoms with Crippen molar-refractivity contribution in [1.29, 1.82) is 0 Å². The second-order valence-corrected chi connectivity index (χ2v) is 17.5. The average Bonchev–Trinajstić information content (AvgIpc) is 4.01. The van der Waals surface area contributed by atoms with Gasteiger partial charge in [0.25, 0.3) is 0 Å². The number of para-hydroxylation sites is 2. The van der Waals surface area contributed by atoms with Gasteiger partial charge in [0.2, 0.25) is 0 Å². The molecule has 0 amide bonds. The van der Waals surface area contributed by atoms with Crippen molar-refractivity contribution in [3.05, 3.63) is 259 Å². The van der Waals surface area contributed by atoms with E-state index >= 15 is 0 Å². The van der Waals surface area contributed by atoms with Crippen LogP contribution in [0.15, 0.2) is 241 Å². The van der Waals surface area contributed by atoms with Crippen LogP contribution in [0, 0.1) is 0 Å². The van der Waals surface area contributed by atoms with Gasteiger partial charge >= 0.3 is 0 Å². The molecule has 2 aliphatic carbocycles. The van der Waals surface area contributed by atoms with E-state index in [1.54, 1.807) is 0 Å². The number of rotatable bonds is 5. The molecule has 65 heavy (non-hydrogen) atoms. The summed E-state index contributed by atoms with van der Waals surface area (Å²) in [5.41, 5.74) is 19.8. The van der Waals surface area contributed by atoms with Gasteiger partial charge in [0.05, 0.1) is 5.41 Å². The lowest BCUT2D eigenvalue weighted by Crippen LogP contribution is -2.26. The fraction of sp³-hybridized carbons (Fsp3) is 0.0159. The van der Waals surface area contributed by atoms with Crippen LogP contribution < -0.4 is 4.90 Å². The van der Waals surface area contributed by atoms with Crippen LogP contribution in [0.25, 0.3) is 88.0 Å². The van der Waals surface area contributed by atoms with Crippen LogP contribution in [0.4, 0.5) is 17.1 Å². The second kappa shape index (κ2) is 13.8. The van der Waals surface area contributed by atoms with Gasteiger partial charge in [0, 0.05) is 39.0 Å². The maximum absolute atomic E-state index is 6.68. The molecule has 0 unspecified atom stereocenters. The summed E-state index contributed by atoms with van der Waals surface area (Å²) in [6.07, 6.45) is 0. The molecule has 2 heteroatoms. The largest absolute Gasteiger partial charge is 0.455 e. The maximum atomic E-state index is 6.68. The van der Waals surface area contributed by atoms with Crippen molar-refractivity contribution in [2.45, 2.75) is 5.41 Å². The predicted octanol–water partition coefficient (Wildman–Crippen LogP) is 17.0. The van der Waals surface area contributed by atoms with Gasteiger partial charge in [-0.1, -0.05) is 194 Å². The van der Waals surface area contributed by atoms with Crippen molar-refractivity contribution in [2.75, 3.05) is 4.90 Å². The molecule has 0 fully saturated rings. The molecule has 0 N–H and O–H groups in total. The third-order valence-electron chi connectivity index (χ3n) is 14.3. The van der Waals surface area contributed by atoms with E-state index in [4.69, 9.17) is 4.42 Å². The molecule has 2 nitrogen and oxygen atoms in total. The number of nitrogens with zero attached hydrogens (tertiary/aromatic N) is 1. The summed E-state index contributed by atoms with van der Waals surface area (Å²) in [4.78, 5) is 2.44. The van der Waals surface area contributed by atoms with Crippen molar-refractivity contribution in [3.63, 3.8) is 0 Å². The van der Waals surface area contributed by atoms with Crippen molar-refractivity contribution in [2.24, 2.45) is 0 Å². The standard InChI is InChI=1S/C63H39NO/c1-2-16-43-38-45(34-28-40(43)14-1)64(46-35-37-52-51-20-7-11-26-58(51)63(59(52)39-46)56-24-9-5-18-49(56)50-19-6-10-25-57(50)63)44-32-29-42(30-33-44)48-36-31-41-15-3-4-17-47(41)61(48)55-23-13-22-54-53-21-8-12-27-60(53)65-62(54)55/h1-39H. The van der Waals surface area contributed by atoms with E-state index in [2.05, 4.69) is 235 Å². The summed E-state index contributed by atoms with van der Waals surface area (Å²) >= 11 is 0. The van der Waals surface area contributed by atoms with Gasteiger partial charge in [0.1, 0.15) is 11.2 Å². The van der Waals surface area contributed by atoms with E-state index in [0.717, 1.165) is 55.7 Å². The van der Waals surface area contributed by atoms with Crippen LogP contribution in [-0.2, 0) is 5.41 Å². The summed E-state index contributed by atoms with van der Waals surface area (Å²) in [5.74, 6) is 0. The highest BCUT2D eigenvalue weighted by molar-refractivity contribution is 6.15. The molecule has 11 aromatic carbocycles. The highest BCUT2D eigenvalue weighted by atomic mass is 16.3. The van der Waals surface area contributed by atoms with E-state index in [-0.39, 0.29) is 0 Å². The molecule has 0 aliphatic heterocycles. The quantitative estimate of drug-likeness (QED) is 0.172. The molecule has 12 aromatic rings. The number of hydrogen-bond acceptors (Lipinski definition) is 2. The minimum Gasteiger partial charge on any atom is -0.455 e. The first kappa shape index (κ1) is 36.1. The Morgan fingerprint density at radius 3 is 1.55 bits per heavy atom. The lowest BCUT2D eigenvalue weighted by molar-refractivity contribution is 0.670. The number of anilines is 3. The maximum Gasteiger partial charge on any atom is 0.143 e. The summed E-state index contributed by atoms with van der Waals surface area (Å²) in [6, 6.07) is 87.1. The molecule has 0 saturated carbocycles. The molecule has 0 bridgehead atoms. The molecule has 2 aliphatic rings. The minimum absolute atomic E-state index is 0.441. The van der Waals surface area contributed by atoms with Gasteiger partial charge < -0.3 is 9.32 Å². The number of benzene rings is 11. The Hall–Kier alpha value is -8.46. The first-order chi connectivity index (χ1) is 32.2. The average molecular weight is 826 g/mol. The van der Waals surface area contributed by atoms with Crippen LogP contribution in [0.1, 0.15) is 22.3 Å². The van der Waals surface area contributed by atoms with E-state index in [1.165, 1.54) is 71.6 Å². The number of hydrogen-bond donors (Lipinski definition) is 0. The van der Waals surface area contributed by atoms with Gasteiger partial charge in [-0.05, 0) is 120 Å². The summed E-state index contributed by atoms with van der Waals surface area (Å²) in [5, 5.41) is 7.08. The van der Waals surface area contributed by atoms with E-state index in [1.807, 2.05) is 6.07 Å². The number of fused-ring (bicyclic) bond motifs is 15. The van der Waals surface area contributed by atoms with Gasteiger partial charge in [-0.15, -0.1) is 0 Å². The molecule has 0 radical (unpaired) electrons. The van der Waals surface area contributed by atoms with Crippen molar-refractivity contribution < 1.29 is 4.42 Å². The van der Waals surface area contributed by atoms with Gasteiger partial charge in [-0.2, -0.15) is 0 Å².